The van der Waals surface area contributed by atoms with E-state index in [0.717, 1.165) is 22.0 Å². The zero-order chi connectivity index (χ0) is 13.1. The summed E-state index contributed by atoms with van der Waals surface area (Å²) < 4.78 is 0. The molecule has 0 aliphatic carbocycles. The lowest BCUT2D eigenvalue weighted by molar-refractivity contribution is 1.22. The quantitative estimate of drug-likeness (QED) is 0.430. The van der Waals surface area contributed by atoms with Crippen molar-refractivity contribution in [3.05, 3.63) is 78.1 Å². The lowest BCUT2D eigenvalue weighted by Crippen LogP contribution is -2.09. The largest absolute Gasteiger partial charge is 0.323 e. The van der Waals surface area contributed by atoms with E-state index >= 15 is 0 Å². The van der Waals surface area contributed by atoms with Gasteiger partial charge in [0.15, 0.2) is 0 Å². The van der Waals surface area contributed by atoms with Crippen molar-refractivity contribution in [1.29, 1.82) is 0 Å². The van der Waals surface area contributed by atoms with Crippen molar-refractivity contribution in [1.82, 2.24) is 4.98 Å². The van der Waals surface area contributed by atoms with Gasteiger partial charge in [0.25, 0.3) is 0 Å². The smallest absolute Gasteiger partial charge is 0.116 e. The number of rotatable bonds is 2. The van der Waals surface area contributed by atoms with Crippen LogP contribution in [0, 0.1) is 0 Å². The van der Waals surface area contributed by atoms with Crippen LogP contribution < -0.4 is 5.84 Å². The molecule has 0 bridgehead atoms. The molecule has 1 aromatic heterocycles. The molecule has 0 saturated carbocycles. The standard InChI is InChI=1S/C16H13N3/c17-19-15(13-7-2-1-3-8-13)16-14-9-5-4-6-12(14)10-11-18-16/h1-11H,17H2/b19-15+. The Morgan fingerprint density at radius 3 is 2.42 bits per heavy atom. The lowest BCUT2D eigenvalue weighted by atomic mass is 10.0. The molecule has 0 fully saturated rings. The van der Waals surface area contributed by atoms with Crippen molar-refractivity contribution in [2.24, 2.45) is 10.9 Å². The van der Waals surface area contributed by atoms with E-state index in [4.69, 9.17) is 5.84 Å². The number of nitrogens with two attached hydrogens (primary N) is 1. The molecular weight excluding hydrogens is 234 g/mol. The Bertz CT molecular complexity index is 728. The zero-order valence-corrected chi connectivity index (χ0v) is 10.3. The first kappa shape index (κ1) is 11.4. The highest BCUT2D eigenvalue weighted by Crippen LogP contribution is 2.19. The summed E-state index contributed by atoms with van der Waals surface area (Å²) in [5.41, 5.74) is 2.48. The van der Waals surface area contributed by atoms with E-state index < -0.39 is 0 Å². The van der Waals surface area contributed by atoms with Crippen LogP contribution in [0.1, 0.15) is 11.3 Å². The van der Waals surface area contributed by atoms with Gasteiger partial charge < -0.3 is 5.84 Å². The Hall–Kier alpha value is -2.68. The van der Waals surface area contributed by atoms with Crippen molar-refractivity contribution >= 4 is 16.5 Å². The van der Waals surface area contributed by atoms with E-state index in [1.165, 1.54) is 0 Å². The predicted octanol–water partition coefficient (Wildman–Crippen LogP) is 2.95. The highest BCUT2D eigenvalue weighted by molar-refractivity contribution is 6.17. The molecule has 0 aliphatic rings. The van der Waals surface area contributed by atoms with Gasteiger partial charge in [-0.05, 0) is 11.5 Å². The number of aromatic nitrogens is 1. The summed E-state index contributed by atoms with van der Waals surface area (Å²) >= 11 is 0. The van der Waals surface area contributed by atoms with Crippen LogP contribution in [0.2, 0.25) is 0 Å². The van der Waals surface area contributed by atoms with E-state index in [1.54, 1.807) is 6.20 Å². The van der Waals surface area contributed by atoms with Gasteiger partial charge in [0.05, 0.1) is 5.69 Å². The van der Waals surface area contributed by atoms with Crippen molar-refractivity contribution in [3.8, 4) is 0 Å². The minimum atomic E-state index is 0.706. The summed E-state index contributed by atoms with van der Waals surface area (Å²) in [6.45, 7) is 0. The normalized spacial score (nSPS) is 11.7. The van der Waals surface area contributed by atoms with Gasteiger partial charge in [0, 0.05) is 17.1 Å². The fourth-order valence-electron chi connectivity index (χ4n) is 2.18. The number of benzene rings is 2. The van der Waals surface area contributed by atoms with Crippen molar-refractivity contribution in [2.45, 2.75) is 0 Å². The molecule has 0 aliphatic heterocycles. The van der Waals surface area contributed by atoms with E-state index in [2.05, 4.69) is 16.2 Å². The van der Waals surface area contributed by atoms with Crippen LogP contribution >= 0.6 is 0 Å². The molecule has 92 valence electrons. The second-order valence-corrected chi connectivity index (χ2v) is 4.22. The summed E-state index contributed by atoms with van der Waals surface area (Å²) in [4.78, 5) is 4.44. The number of hydrazone groups is 1. The summed E-state index contributed by atoms with van der Waals surface area (Å²) in [5.74, 6) is 5.58. The first-order valence-electron chi connectivity index (χ1n) is 6.07. The number of hydrogen-bond acceptors (Lipinski definition) is 3. The van der Waals surface area contributed by atoms with Crippen LogP contribution in [0.25, 0.3) is 10.8 Å². The molecule has 3 heteroatoms. The second-order valence-electron chi connectivity index (χ2n) is 4.22. The van der Waals surface area contributed by atoms with Crippen LogP contribution in [0.4, 0.5) is 0 Å². The van der Waals surface area contributed by atoms with Gasteiger partial charge in [-0.15, -0.1) is 0 Å². The molecule has 2 N–H and O–H groups in total. The van der Waals surface area contributed by atoms with Gasteiger partial charge in [0.2, 0.25) is 0 Å². The molecule has 1 heterocycles. The van der Waals surface area contributed by atoms with E-state index in [-0.39, 0.29) is 0 Å². The Morgan fingerprint density at radius 2 is 1.63 bits per heavy atom. The van der Waals surface area contributed by atoms with Gasteiger partial charge in [0.1, 0.15) is 5.71 Å². The van der Waals surface area contributed by atoms with Crippen LogP contribution in [0.5, 0.6) is 0 Å². The summed E-state index contributed by atoms with van der Waals surface area (Å²) in [7, 11) is 0. The van der Waals surface area contributed by atoms with Crippen LogP contribution in [-0.2, 0) is 0 Å². The second kappa shape index (κ2) is 4.90. The minimum Gasteiger partial charge on any atom is -0.323 e. The van der Waals surface area contributed by atoms with Crippen LogP contribution in [0.3, 0.4) is 0 Å². The molecule has 19 heavy (non-hydrogen) atoms. The monoisotopic (exact) mass is 247 g/mol. The maximum Gasteiger partial charge on any atom is 0.116 e. The number of hydrogen-bond donors (Lipinski definition) is 1. The van der Waals surface area contributed by atoms with Crippen molar-refractivity contribution < 1.29 is 0 Å². The van der Waals surface area contributed by atoms with Gasteiger partial charge >= 0.3 is 0 Å². The Morgan fingerprint density at radius 1 is 0.895 bits per heavy atom. The summed E-state index contributed by atoms with van der Waals surface area (Å²) in [5, 5.41) is 6.12. The number of nitrogens with zero attached hydrogens (tertiary/aromatic N) is 2. The maximum absolute atomic E-state index is 5.58. The van der Waals surface area contributed by atoms with Gasteiger partial charge in [-0.25, -0.2) is 0 Å². The maximum atomic E-state index is 5.58. The first-order chi connectivity index (χ1) is 9.40. The molecule has 3 rings (SSSR count). The fourth-order valence-corrected chi connectivity index (χ4v) is 2.18. The number of fused-ring (bicyclic) bond motifs is 1. The topological polar surface area (TPSA) is 51.3 Å². The molecule has 0 atom stereocenters. The third kappa shape index (κ3) is 2.06. The molecule has 3 nitrogen and oxygen atoms in total. The molecule has 0 unspecified atom stereocenters. The highest BCUT2D eigenvalue weighted by atomic mass is 15.1. The SMILES string of the molecule is N/N=C(\c1ccccc1)c1nccc2ccccc12. The molecule has 3 aromatic rings. The zero-order valence-electron chi connectivity index (χ0n) is 10.3. The number of pyridine rings is 1. The van der Waals surface area contributed by atoms with E-state index in [1.807, 2.05) is 54.6 Å². The van der Waals surface area contributed by atoms with E-state index in [0.29, 0.717) is 5.71 Å². The molecule has 0 radical (unpaired) electrons. The first-order valence-corrected chi connectivity index (χ1v) is 6.07. The van der Waals surface area contributed by atoms with E-state index in [9.17, 15) is 0 Å². The van der Waals surface area contributed by atoms with Crippen LogP contribution in [-0.4, -0.2) is 10.7 Å². The minimum absolute atomic E-state index is 0.706. The Balaban J connectivity index is 2.24. The molecular formula is C16H13N3. The van der Waals surface area contributed by atoms with Crippen molar-refractivity contribution in [2.75, 3.05) is 0 Å². The third-order valence-corrected chi connectivity index (χ3v) is 3.07. The summed E-state index contributed by atoms with van der Waals surface area (Å²) in [6, 6.07) is 19.9. The van der Waals surface area contributed by atoms with Gasteiger partial charge in [-0.2, -0.15) is 5.10 Å². The fraction of sp³-hybridized carbons (Fsp3) is 0. The average molecular weight is 247 g/mol. The Kier molecular flexibility index (Phi) is 2.94. The van der Waals surface area contributed by atoms with Crippen LogP contribution in [0.15, 0.2) is 72.0 Å². The molecule has 0 amide bonds. The van der Waals surface area contributed by atoms with Crippen molar-refractivity contribution in [3.63, 3.8) is 0 Å². The van der Waals surface area contributed by atoms with Gasteiger partial charge in [-0.1, -0.05) is 54.6 Å². The molecule has 0 spiro atoms. The molecule has 0 saturated heterocycles. The molecule has 2 aromatic carbocycles. The lowest BCUT2D eigenvalue weighted by Gasteiger charge is -2.08. The summed E-state index contributed by atoms with van der Waals surface area (Å²) in [6.07, 6.45) is 1.78. The highest BCUT2D eigenvalue weighted by Gasteiger charge is 2.11. The third-order valence-electron chi connectivity index (χ3n) is 3.07. The predicted molar refractivity (Wildman–Crippen MR) is 78.0 cm³/mol. The Labute approximate surface area is 111 Å². The van der Waals surface area contributed by atoms with Gasteiger partial charge in [-0.3, -0.25) is 4.98 Å². The average Bonchev–Trinajstić information content (AvgIpc) is 2.49.